The summed E-state index contributed by atoms with van der Waals surface area (Å²) in [4.78, 5) is 36.6. The monoisotopic (exact) mass is 345 g/mol. The van der Waals surface area contributed by atoms with E-state index in [0.29, 0.717) is 43.9 Å². The van der Waals surface area contributed by atoms with Gasteiger partial charge < -0.3 is 15.1 Å². The average molecular weight is 345 g/mol. The van der Waals surface area contributed by atoms with E-state index in [1.54, 1.807) is 22.8 Å². The van der Waals surface area contributed by atoms with E-state index in [0.717, 1.165) is 18.5 Å². The molecule has 2 fully saturated rings. The van der Waals surface area contributed by atoms with Gasteiger partial charge in [-0.2, -0.15) is 0 Å². The van der Waals surface area contributed by atoms with Crippen molar-refractivity contribution in [2.45, 2.75) is 52.0 Å². The van der Waals surface area contributed by atoms with Gasteiger partial charge in [-0.05, 0) is 25.8 Å². The van der Waals surface area contributed by atoms with E-state index in [2.05, 4.69) is 15.3 Å². The highest BCUT2D eigenvalue weighted by atomic mass is 16.2. The van der Waals surface area contributed by atoms with Crippen molar-refractivity contribution in [1.82, 2.24) is 19.8 Å². The largest absolute Gasteiger partial charge is 0.351 e. The number of nitrogens with zero attached hydrogens (tertiary/aromatic N) is 4. The van der Waals surface area contributed by atoms with Crippen molar-refractivity contribution in [2.75, 3.05) is 31.5 Å². The van der Waals surface area contributed by atoms with Crippen LogP contribution in [0, 0.1) is 6.92 Å². The zero-order valence-electron chi connectivity index (χ0n) is 15.1. The van der Waals surface area contributed by atoms with Crippen LogP contribution in [0.1, 0.15) is 55.2 Å². The predicted molar refractivity (Wildman–Crippen MR) is 95.4 cm³/mol. The molecule has 0 unspecified atom stereocenters. The zero-order chi connectivity index (χ0) is 17.8. The van der Waals surface area contributed by atoms with Gasteiger partial charge in [-0.1, -0.05) is 19.3 Å². The molecule has 1 saturated heterocycles. The highest BCUT2D eigenvalue weighted by Gasteiger charge is 2.25. The summed E-state index contributed by atoms with van der Waals surface area (Å²) in [6, 6.07) is 2.14. The Bertz CT molecular complexity index is 634. The number of nitrogens with one attached hydrogen (secondary N) is 1. The lowest BCUT2D eigenvalue weighted by atomic mass is 9.96. The minimum Gasteiger partial charge on any atom is -0.351 e. The van der Waals surface area contributed by atoms with Gasteiger partial charge >= 0.3 is 0 Å². The van der Waals surface area contributed by atoms with Crippen LogP contribution in [-0.2, 0) is 4.79 Å². The minimum atomic E-state index is -0.0830. The minimum absolute atomic E-state index is 0.0592. The molecule has 7 heteroatoms. The number of aromatic nitrogens is 2. The molecule has 0 spiro atoms. The lowest BCUT2D eigenvalue weighted by Gasteiger charge is -2.34. The summed E-state index contributed by atoms with van der Waals surface area (Å²) in [5.41, 5.74) is 1.22. The molecule has 0 bridgehead atoms. The third-order valence-corrected chi connectivity index (χ3v) is 5.02. The molecule has 1 aliphatic carbocycles. The summed E-state index contributed by atoms with van der Waals surface area (Å²) >= 11 is 0. The Morgan fingerprint density at radius 3 is 2.32 bits per heavy atom. The van der Waals surface area contributed by atoms with Crippen molar-refractivity contribution in [3.05, 3.63) is 17.5 Å². The van der Waals surface area contributed by atoms with Crippen LogP contribution >= 0.6 is 0 Å². The molecule has 136 valence electrons. The zero-order valence-corrected chi connectivity index (χ0v) is 15.1. The van der Waals surface area contributed by atoms with E-state index in [1.807, 2.05) is 6.92 Å². The third kappa shape index (κ3) is 4.46. The molecule has 7 nitrogen and oxygen atoms in total. The van der Waals surface area contributed by atoms with Gasteiger partial charge in [0.25, 0.3) is 5.91 Å². The number of rotatable bonds is 3. The lowest BCUT2D eigenvalue weighted by molar-refractivity contribution is -0.130. The summed E-state index contributed by atoms with van der Waals surface area (Å²) < 4.78 is 0. The molecule has 2 heterocycles. The maximum Gasteiger partial charge on any atom is 0.272 e. The molecular weight excluding hydrogens is 318 g/mol. The van der Waals surface area contributed by atoms with Crippen LogP contribution in [0.5, 0.6) is 0 Å². The van der Waals surface area contributed by atoms with Crippen LogP contribution in [-0.4, -0.2) is 63.8 Å². The lowest BCUT2D eigenvalue weighted by Crippen LogP contribution is -2.50. The van der Waals surface area contributed by atoms with E-state index in [4.69, 9.17) is 0 Å². The third-order valence-electron chi connectivity index (χ3n) is 5.02. The first kappa shape index (κ1) is 17.6. The standard InChI is InChI=1S/C18H27N5O2/c1-13-12-16(17(25)23-10-8-22(9-11-23)14(2)24)21-18(19-13)20-15-6-4-3-5-7-15/h12,15H,3-11H2,1-2H3,(H,19,20,21). The van der Waals surface area contributed by atoms with Gasteiger partial charge in [-0.25, -0.2) is 9.97 Å². The van der Waals surface area contributed by atoms with Gasteiger partial charge in [-0.15, -0.1) is 0 Å². The Labute approximate surface area is 148 Å². The molecule has 0 atom stereocenters. The van der Waals surface area contributed by atoms with Crippen molar-refractivity contribution in [1.29, 1.82) is 0 Å². The Balaban J connectivity index is 1.67. The Morgan fingerprint density at radius 2 is 1.68 bits per heavy atom. The predicted octanol–water partition coefficient (Wildman–Crippen LogP) is 1.83. The van der Waals surface area contributed by atoms with Crippen LogP contribution in [0.3, 0.4) is 0 Å². The summed E-state index contributed by atoms with van der Waals surface area (Å²) in [6.07, 6.45) is 6.02. The van der Waals surface area contributed by atoms with E-state index >= 15 is 0 Å². The van der Waals surface area contributed by atoms with E-state index in [9.17, 15) is 9.59 Å². The van der Waals surface area contributed by atoms with Gasteiger partial charge in [0.1, 0.15) is 5.69 Å². The topological polar surface area (TPSA) is 78.4 Å². The number of piperazine rings is 1. The van der Waals surface area contributed by atoms with Crippen molar-refractivity contribution >= 4 is 17.8 Å². The maximum absolute atomic E-state index is 12.8. The number of aryl methyl sites for hydroxylation is 1. The van der Waals surface area contributed by atoms with Crippen LogP contribution in [0.4, 0.5) is 5.95 Å². The van der Waals surface area contributed by atoms with Crippen LogP contribution in [0.25, 0.3) is 0 Å². The first-order valence-corrected chi connectivity index (χ1v) is 9.20. The quantitative estimate of drug-likeness (QED) is 0.904. The van der Waals surface area contributed by atoms with Crippen LogP contribution in [0.15, 0.2) is 6.07 Å². The molecule has 1 aromatic rings. The second kappa shape index (κ2) is 7.80. The molecule has 2 aliphatic rings. The van der Waals surface area contributed by atoms with E-state index in [1.165, 1.54) is 19.3 Å². The van der Waals surface area contributed by atoms with Crippen molar-refractivity contribution in [3.63, 3.8) is 0 Å². The highest BCUT2D eigenvalue weighted by molar-refractivity contribution is 5.93. The number of carbonyl (C=O) groups is 2. The fraction of sp³-hybridized carbons (Fsp3) is 0.667. The molecule has 0 aromatic carbocycles. The normalized spacial score (nSPS) is 19.0. The second-order valence-electron chi connectivity index (χ2n) is 7.00. The van der Waals surface area contributed by atoms with Gasteiger partial charge in [0.15, 0.2) is 0 Å². The molecule has 1 aliphatic heterocycles. The van der Waals surface area contributed by atoms with E-state index < -0.39 is 0 Å². The number of anilines is 1. The number of carbonyl (C=O) groups excluding carboxylic acids is 2. The highest BCUT2D eigenvalue weighted by Crippen LogP contribution is 2.20. The Kier molecular flexibility index (Phi) is 5.50. The SMILES string of the molecule is CC(=O)N1CCN(C(=O)c2cc(C)nc(NC3CCCCC3)n2)CC1. The maximum atomic E-state index is 12.8. The van der Waals surface area contributed by atoms with Crippen LogP contribution in [0.2, 0.25) is 0 Å². The van der Waals surface area contributed by atoms with Crippen molar-refractivity contribution in [3.8, 4) is 0 Å². The van der Waals surface area contributed by atoms with Gasteiger partial charge in [0.05, 0.1) is 0 Å². The first-order chi connectivity index (χ1) is 12.0. The summed E-state index contributed by atoms with van der Waals surface area (Å²) in [7, 11) is 0. The summed E-state index contributed by atoms with van der Waals surface area (Å²) in [5.74, 6) is 0.530. The van der Waals surface area contributed by atoms with Crippen LogP contribution < -0.4 is 5.32 Å². The molecule has 3 rings (SSSR count). The van der Waals surface area contributed by atoms with Gasteiger partial charge in [0.2, 0.25) is 11.9 Å². The fourth-order valence-electron chi connectivity index (χ4n) is 3.56. The first-order valence-electron chi connectivity index (χ1n) is 9.20. The van der Waals surface area contributed by atoms with Crippen molar-refractivity contribution < 1.29 is 9.59 Å². The molecule has 1 aromatic heterocycles. The fourth-order valence-corrected chi connectivity index (χ4v) is 3.56. The second-order valence-corrected chi connectivity index (χ2v) is 7.00. The number of amides is 2. The molecular formula is C18H27N5O2. The molecule has 25 heavy (non-hydrogen) atoms. The Morgan fingerprint density at radius 1 is 1.04 bits per heavy atom. The molecule has 1 N–H and O–H groups in total. The van der Waals surface area contributed by atoms with E-state index in [-0.39, 0.29) is 11.8 Å². The number of hydrogen-bond donors (Lipinski definition) is 1. The average Bonchev–Trinajstić information content (AvgIpc) is 2.61. The number of hydrogen-bond acceptors (Lipinski definition) is 5. The smallest absolute Gasteiger partial charge is 0.272 e. The Hall–Kier alpha value is -2.18. The molecule has 1 saturated carbocycles. The molecule has 0 radical (unpaired) electrons. The van der Waals surface area contributed by atoms with Gasteiger partial charge in [0, 0.05) is 44.8 Å². The van der Waals surface area contributed by atoms with Gasteiger partial charge in [-0.3, -0.25) is 9.59 Å². The summed E-state index contributed by atoms with van der Waals surface area (Å²) in [6.45, 7) is 5.71. The summed E-state index contributed by atoms with van der Waals surface area (Å²) in [5, 5.41) is 3.40. The van der Waals surface area contributed by atoms with Crippen molar-refractivity contribution in [2.24, 2.45) is 0 Å². The molecule has 2 amide bonds.